The maximum atomic E-state index is 13.2. The summed E-state index contributed by atoms with van der Waals surface area (Å²) in [5, 5.41) is 6.20. The summed E-state index contributed by atoms with van der Waals surface area (Å²) in [6.07, 6.45) is 6.89. The van der Waals surface area contributed by atoms with Gasteiger partial charge >= 0.3 is 0 Å². The summed E-state index contributed by atoms with van der Waals surface area (Å²) >= 11 is 7.28. The Morgan fingerprint density at radius 1 is 1.17 bits per heavy atom. The van der Waals surface area contributed by atoms with Crippen LogP contribution in [0.4, 0.5) is 4.39 Å². The van der Waals surface area contributed by atoms with Gasteiger partial charge in [0.15, 0.2) is 0 Å². The Labute approximate surface area is 183 Å². The molecule has 0 unspecified atom stereocenters. The molecule has 7 heteroatoms. The molecule has 0 bridgehead atoms. The van der Waals surface area contributed by atoms with Crippen LogP contribution in [0.5, 0.6) is 0 Å². The monoisotopic (exact) mass is 441 g/mol. The molecule has 3 heterocycles. The van der Waals surface area contributed by atoms with Crippen LogP contribution in [0.1, 0.15) is 39.2 Å². The van der Waals surface area contributed by atoms with Crippen molar-refractivity contribution >= 4 is 39.9 Å². The van der Waals surface area contributed by atoms with E-state index >= 15 is 0 Å². The zero-order valence-corrected chi connectivity index (χ0v) is 17.8. The number of aromatic nitrogens is 2. The quantitative estimate of drug-likeness (QED) is 0.341. The molecule has 0 atom stereocenters. The molecule has 0 saturated carbocycles. The molecule has 30 heavy (non-hydrogen) atoms. The number of carbonyl (C=O) groups excluding carboxylic acids is 1. The SMILES string of the molecule is O=C(NCCCCc1ccc(F)c(Cl)c1)c1sccc1Cc1ccnc2[nH]ccc12. The van der Waals surface area contributed by atoms with Crippen molar-refractivity contribution < 1.29 is 9.18 Å². The fourth-order valence-corrected chi connectivity index (χ4v) is 4.53. The first kappa shape index (κ1) is 20.6. The van der Waals surface area contributed by atoms with Gasteiger partial charge in [0.1, 0.15) is 11.5 Å². The lowest BCUT2D eigenvalue weighted by molar-refractivity contribution is 0.0956. The third-order valence-corrected chi connectivity index (χ3v) is 6.29. The van der Waals surface area contributed by atoms with E-state index in [1.54, 1.807) is 18.3 Å². The number of nitrogens with zero attached hydrogens (tertiary/aromatic N) is 1. The Morgan fingerprint density at radius 3 is 2.93 bits per heavy atom. The highest BCUT2D eigenvalue weighted by molar-refractivity contribution is 7.12. The van der Waals surface area contributed by atoms with Crippen molar-refractivity contribution in [2.45, 2.75) is 25.7 Å². The average molecular weight is 442 g/mol. The zero-order chi connectivity index (χ0) is 20.9. The predicted molar refractivity (Wildman–Crippen MR) is 120 cm³/mol. The number of pyridine rings is 1. The van der Waals surface area contributed by atoms with Crippen LogP contribution in [0.2, 0.25) is 5.02 Å². The van der Waals surface area contributed by atoms with Gasteiger partial charge in [0.25, 0.3) is 5.91 Å². The van der Waals surface area contributed by atoms with Gasteiger partial charge in [-0.1, -0.05) is 17.7 Å². The first-order valence-electron chi connectivity index (χ1n) is 9.81. The van der Waals surface area contributed by atoms with Gasteiger partial charge in [-0.05, 0) is 78.1 Å². The third-order valence-electron chi connectivity index (χ3n) is 5.05. The Hall–Kier alpha value is -2.70. The van der Waals surface area contributed by atoms with Crippen molar-refractivity contribution in [3.8, 4) is 0 Å². The molecule has 4 aromatic rings. The van der Waals surface area contributed by atoms with Gasteiger partial charge in [0, 0.05) is 24.3 Å². The second-order valence-corrected chi connectivity index (χ2v) is 8.45. The van der Waals surface area contributed by atoms with E-state index in [2.05, 4.69) is 15.3 Å². The normalized spacial score (nSPS) is 11.1. The van der Waals surface area contributed by atoms with E-state index in [-0.39, 0.29) is 10.9 Å². The van der Waals surface area contributed by atoms with E-state index in [9.17, 15) is 9.18 Å². The second-order valence-electron chi connectivity index (χ2n) is 7.12. The smallest absolute Gasteiger partial charge is 0.261 e. The number of hydrogen-bond acceptors (Lipinski definition) is 3. The van der Waals surface area contributed by atoms with E-state index in [1.165, 1.54) is 17.4 Å². The lowest BCUT2D eigenvalue weighted by Crippen LogP contribution is -2.24. The minimum atomic E-state index is -0.400. The summed E-state index contributed by atoms with van der Waals surface area (Å²) in [7, 11) is 0. The number of benzene rings is 1. The molecule has 0 aliphatic rings. The molecule has 1 amide bonds. The largest absolute Gasteiger partial charge is 0.351 e. The van der Waals surface area contributed by atoms with Gasteiger partial charge in [-0.15, -0.1) is 11.3 Å². The fourth-order valence-electron chi connectivity index (χ4n) is 3.48. The van der Waals surface area contributed by atoms with Gasteiger partial charge in [-0.25, -0.2) is 9.37 Å². The number of unbranched alkanes of at least 4 members (excludes halogenated alkanes) is 1. The number of halogens is 2. The van der Waals surface area contributed by atoms with Crippen molar-refractivity contribution in [3.05, 3.63) is 86.6 Å². The minimum Gasteiger partial charge on any atom is -0.351 e. The highest BCUT2D eigenvalue weighted by Crippen LogP contribution is 2.24. The van der Waals surface area contributed by atoms with Crippen LogP contribution >= 0.6 is 22.9 Å². The molecule has 2 N–H and O–H groups in total. The maximum absolute atomic E-state index is 13.2. The van der Waals surface area contributed by atoms with Gasteiger partial charge in [-0.2, -0.15) is 0 Å². The molecule has 3 aromatic heterocycles. The number of hydrogen-bond donors (Lipinski definition) is 2. The summed E-state index contributed by atoms with van der Waals surface area (Å²) in [6, 6.07) is 10.8. The number of amides is 1. The molecule has 0 aliphatic carbocycles. The summed E-state index contributed by atoms with van der Waals surface area (Å²) in [5.74, 6) is -0.437. The lowest BCUT2D eigenvalue weighted by atomic mass is 10.0. The van der Waals surface area contributed by atoms with E-state index in [0.29, 0.717) is 13.0 Å². The fraction of sp³-hybridized carbons (Fsp3) is 0.217. The first-order chi connectivity index (χ1) is 14.6. The average Bonchev–Trinajstić information content (AvgIpc) is 3.40. The molecule has 4 nitrogen and oxygen atoms in total. The standard InChI is InChI=1S/C23H21ClFN3OS/c24-19-13-15(4-5-20(19)25)3-1-2-9-28-23(29)21-17(8-12-30-21)14-16-6-10-26-22-18(16)7-11-27-22/h4-8,10-13H,1-3,9,14H2,(H,26,27)(H,28,29). The number of thiophene rings is 1. The highest BCUT2D eigenvalue weighted by atomic mass is 35.5. The maximum Gasteiger partial charge on any atom is 0.261 e. The van der Waals surface area contributed by atoms with E-state index in [0.717, 1.165) is 51.9 Å². The second kappa shape index (κ2) is 9.41. The van der Waals surface area contributed by atoms with Gasteiger partial charge < -0.3 is 10.3 Å². The van der Waals surface area contributed by atoms with E-state index in [4.69, 9.17) is 11.6 Å². The number of nitrogens with one attached hydrogen (secondary N) is 2. The Kier molecular flexibility index (Phi) is 6.45. The number of carbonyl (C=O) groups is 1. The van der Waals surface area contributed by atoms with Crippen LogP contribution < -0.4 is 5.32 Å². The van der Waals surface area contributed by atoms with Crippen LogP contribution in [0.3, 0.4) is 0 Å². The number of aromatic amines is 1. The molecule has 0 radical (unpaired) electrons. The third kappa shape index (κ3) is 4.71. The van der Waals surface area contributed by atoms with Crippen molar-refractivity contribution in [1.29, 1.82) is 0 Å². The Morgan fingerprint density at radius 2 is 2.07 bits per heavy atom. The molecule has 0 fully saturated rings. The van der Waals surface area contributed by atoms with Gasteiger partial charge in [-0.3, -0.25) is 4.79 Å². The zero-order valence-electron chi connectivity index (χ0n) is 16.3. The van der Waals surface area contributed by atoms with E-state index in [1.807, 2.05) is 29.8 Å². The molecule has 0 saturated heterocycles. The molecule has 1 aromatic carbocycles. The first-order valence-corrected chi connectivity index (χ1v) is 11.1. The number of rotatable bonds is 8. The van der Waals surface area contributed by atoms with Crippen LogP contribution in [-0.2, 0) is 12.8 Å². The topological polar surface area (TPSA) is 57.8 Å². The van der Waals surface area contributed by atoms with Crippen LogP contribution in [0.25, 0.3) is 11.0 Å². The Bertz CT molecular complexity index is 1170. The lowest BCUT2D eigenvalue weighted by Gasteiger charge is -2.08. The summed E-state index contributed by atoms with van der Waals surface area (Å²) in [4.78, 5) is 20.9. The van der Waals surface area contributed by atoms with Crippen LogP contribution in [0, 0.1) is 5.82 Å². The van der Waals surface area contributed by atoms with Crippen molar-refractivity contribution in [1.82, 2.24) is 15.3 Å². The van der Waals surface area contributed by atoms with Gasteiger partial charge in [0.2, 0.25) is 0 Å². The minimum absolute atomic E-state index is 0.0378. The molecule has 0 aliphatic heterocycles. The Balaban J connectivity index is 1.30. The number of aryl methyl sites for hydroxylation is 1. The molecule has 0 spiro atoms. The summed E-state index contributed by atoms with van der Waals surface area (Å²) < 4.78 is 13.2. The van der Waals surface area contributed by atoms with Crippen molar-refractivity contribution in [3.63, 3.8) is 0 Å². The summed E-state index contributed by atoms with van der Waals surface area (Å²) in [6.45, 7) is 0.600. The van der Waals surface area contributed by atoms with Crippen LogP contribution in [-0.4, -0.2) is 22.4 Å². The molecule has 154 valence electrons. The number of H-pyrrole nitrogens is 1. The highest BCUT2D eigenvalue weighted by Gasteiger charge is 2.14. The molecular formula is C23H21ClFN3OS. The molecular weight excluding hydrogens is 421 g/mol. The van der Waals surface area contributed by atoms with Crippen molar-refractivity contribution in [2.75, 3.05) is 6.54 Å². The van der Waals surface area contributed by atoms with Crippen molar-refractivity contribution in [2.24, 2.45) is 0 Å². The molecule has 4 rings (SSSR count). The summed E-state index contributed by atoms with van der Waals surface area (Å²) in [5.41, 5.74) is 4.02. The van der Waals surface area contributed by atoms with Crippen LogP contribution in [0.15, 0.2) is 54.2 Å². The predicted octanol–water partition coefficient (Wildman–Crippen LogP) is 5.76. The van der Waals surface area contributed by atoms with E-state index < -0.39 is 5.82 Å². The van der Waals surface area contributed by atoms with Gasteiger partial charge in [0.05, 0.1) is 9.90 Å². The number of fused-ring (bicyclic) bond motifs is 1.